The fourth-order valence-corrected chi connectivity index (χ4v) is 2.00. The Bertz CT molecular complexity index is 639. The Kier molecular flexibility index (Phi) is 3.82. The Hall–Kier alpha value is -1.86. The van der Waals surface area contributed by atoms with E-state index in [1.54, 1.807) is 0 Å². The molecule has 0 aliphatic rings. The molecule has 0 spiro atoms. The van der Waals surface area contributed by atoms with Crippen LogP contribution < -0.4 is 0 Å². The molecule has 20 heavy (non-hydrogen) atoms. The van der Waals surface area contributed by atoms with Crippen molar-refractivity contribution in [2.24, 2.45) is 0 Å². The maximum absolute atomic E-state index is 13.0. The molecule has 2 aromatic rings. The minimum Gasteiger partial charge on any atom is -0.388 e. The van der Waals surface area contributed by atoms with Crippen molar-refractivity contribution in [3.8, 4) is 11.3 Å². The highest BCUT2D eigenvalue weighted by molar-refractivity contribution is 6.34. The molecule has 0 atom stereocenters. The van der Waals surface area contributed by atoms with Crippen molar-refractivity contribution < 1.29 is 23.1 Å². The molecule has 106 valence electrons. The number of aliphatic hydroxyl groups is 1. The van der Waals surface area contributed by atoms with E-state index in [4.69, 9.17) is 16.7 Å². The number of aromatic amines is 1. The van der Waals surface area contributed by atoms with Gasteiger partial charge >= 0.3 is 6.18 Å². The summed E-state index contributed by atoms with van der Waals surface area (Å²) in [6.07, 6.45) is -3.34. The summed E-state index contributed by atoms with van der Waals surface area (Å²) < 4.78 is 39.0. The first-order chi connectivity index (χ1) is 9.34. The van der Waals surface area contributed by atoms with Gasteiger partial charge in [0.05, 0.1) is 16.3 Å². The minimum atomic E-state index is -4.63. The minimum absolute atomic E-state index is 0.0981. The van der Waals surface area contributed by atoms with E-state index in [0.29, 0.717) is 6.07 Å². The number of rotatable bonds is 3. The third kappa shape index (κ3) is 2.68. The Labute approximate surface area is 116 Å². The number of halogens is 4. The predicted molar refractivity (Wildman–Crippen MR) is 65.5 cm³/mol. The van der Waals surface area contributed by atoms with Gasteiger partial charge in [-0.2, -0.15) is 18.3 Å². The normalized spacial score (nSPS) is 11.7. The van der Waals surface area contributed by atoms with Crippen LogP contribution in [-0.4, -0.2) is 27.7 Å². The molecule has 2 rings (SSSR count). The molecule has 0 unspecified atom stereocenters. The first-order valence-electron chi connectivity index (χ1n) is 5.39. The third-order valence-electron chi connectivity index (χ3n) is 2.65. The number of carbonyl (C=O) groups excluding carboxylic acids is 1. The number of nitrogens with zero attached hydrogens (tertiary/aromatic N) is 1. The lowest BCUT2D eigenvalue weighted by atomic mass is 9.99. The number of hydrogen-bond donors (Lipinski definition) is 2. The monoisotopic (exact) mass is 304 g/mol. The van der Waals surface area contributed by atoms with Gasteiger partial charge in [-0.05, 0) is 18.2 Å². The SMILES string of the molecule is O=C(CO)c1cc(-c2ccn[nH]2)c(C(F)(F)F)cc1Cl. The first kappa shape index (κ1) is 14.5. The van der Waals surface area contributed by atoms with Gasteiger partial charge in [0.2, 0.25) is 0 Å². The summed E-state index contributed by atoms with van der Waals surface area (Å²) in [5, 5.41) is 14.4. The zero-order chi connectivity index (χ0) is 14.9. The van der Waals surface area contributed by atoms with Crippen LogP contribution in [0.2, 0.25) is 5.02 Å². The molecule has 0 amide bonds. The molecule has 1 heterocycles. The Morgan fingerprint density at radius 2 is 2.10 bits per heavy atom. The van der Waals surface area contributed by atoms with Crippen molar-refractivity contribution in [2.75, 3.05) is 6.61 Å². The van der Waals surface area contributed by atoms with Crippen LogP contribution in [0.25, 0.3) is 11.3 Å². The van der Waals surface area contributed by atoms with E-state index in [2.05, 4.69) is 10.2 Å². The van der Waals surface area contributed by atoms with Crippen LogP contribution >= 0.6 is 11.6 Å². The van der Waals surface area contributed by atoms with Crippen molar-refractivity contribution in [3.63, 3.8) is 0 Å². The Morgan fingerprint density at radius 1 is 1.40 bits per heavy atom. The summed E-state index contributed by atoms with van der Waals surface area (Å²) in [5.74, 6) is -0.760. The molecule has 4 nitrogen and oxygen atoms in total. The van der Waals surface area contributed by atoms with E-state index in [0.717, 1.165) is 6.07 Å². The van der Waals surface area contributed by atoms with Gasteiger partial charge < -0.3 is 5.11 Å². The lowest BCUT2D eigenvalue weighted by Crippen LogP contribution is -2.11. The van der Waals surface area contributed by atoms with E-state index in [-0.39, 0.29) is 21.8 Å². The maximum atomic E-state index is 13.0. The number of benzene rings is 1. The van der Waals surface area contributed by atoms with Gasteiger partial charge in [-0.1, -0.05) is 11.6 Å². The van der Waals surface area contributed by atoms with Gasteiger partial charge in [-0.15, -0.1) is 0 Å². The van der Waals surface area contributed by atoms with E-state index < -0.39 is 24.1 Å². The summed E-state index contributed by atoms with van der Waals surface area (Å²) in [4.78, 5) is 11.5. The topological polar surface area (TPSA) is 66.0 Å². The average molecular weight is 305 g/mol. The predicted octanol–water partition coefficient (Wildman–Crippen LogP) is 2.92. The van der Waals surface area contributed by atoms with Crippen molar-refractivity contribution in [1.82, 2.24) is 10.2 Å². The molecule has 0 bridgehead atoms. The third-order valence-corrected chi connectivity index (χ3v) is 2.96. The Balaban J connectivity index is 2.71. The highest BCUT2D eigenvalue weighted by Crippen LogP contribution is 2.39. The van der Waals surface area contributed by atoms with Crippen molar-refractivity contribution in [1.29, 1.82) is 0 Å². The lowest BCUT2D eigenvalue weighted by Gasteiger charge is -2.14. The second-order valence-electron chi connectivity index (χ2n) is 3.93. The number of carbonyl (C=O) groups is 1. The Morgan fingerprint density at radius 3 is 2.60 bits per heavy atom. The maximum Gasteiger partial charge on any atom is 0.417 e. The van der Waals surface area contributed by atoms with Crippen LogP contribution in [0.3, 0.4) is 0 Å². The molecule has 2 N–H and O–H groups in total. The van der Waals surface area contributed by atoms with Crippen molar-refractivity contribution in [3.05, 3.63) is 40.5 Å². The number of alkyl halides is 3. The number of ketones is 1. The van der Waals surface area contributed by atoms with E-state index in [1.165, 1.54) is 12.3 Å². The highest BCUT2D eigenvalue weighted by Gasteiger charge is 2.35. The number of H-pyrrole nitrogens is 1. The fourth-order valence-electron chi connectivity index (χ4n) is 1.74. The molecule has 0 fully saturated rings. The lowest BCUT2D eigenvalue weighted by molar-refractivity contribution is -0.137. The van der Waals surface area contributed by atoms with Gasteiger partial charge in [0.1, 0.15) is 6.61 Å². The smallest absolute Gasteiger partial charge is 0.388 e. The number of hydrogen-bond acceptors (Lipinski definition) is 3. The van der Waals surface area contributed by atoms with Crippen LogP contribution in [0, 0.1) is 0 Å². The van der Waals surface area contributed by atoms with Gasteiger partial charge in [0, 0.05) is 17.3 Å². The van der Waals surface area contributed by atoms with Gasteiger partial charge in [-0.25, -0.2) is 0 Å². The van der Waals surface area contributed by atoms with Gasteiger partial charge in [0.25, 0.3) is 0 Å². The highest BCUT2D eigenvalue weighted by atomic mass is 35.5. The number of Topliss-reactive ketones (excluding diaryl/α,β-unsaturated/α-hetero) is 1. The molecule has 1 aromatic carbocycles. The molecular formula is C12H8ClF3N2O2. The summed E-state index contributed by atoms with van der Waals surface area (Å²) in [6, 6.07) is 3.00. The van der Waals surface area contributed by atoms with E-state index in [1.807, 2.05) is 0 Å². The van der Waals surface area contributed by atoms with E-state index in [9.17, 15) is 18.0 Å². The van der Waals surface area contributed by atoms with Crippen LogP contribution in [0.1, 0.15) is 15.9 Å². The molecule has 0 aliphatic carbocycles. The molecular weight excluding hydrogens is 297 g/mol. The standard InChI is InChI=1S/C12H8ClF3N2O2/c13-9-4-8(12(14,15)16)6(10-1-2-17-18-10)3-7(9)11(20)5-19/h1-4,19H,5H2,(H,17,18). The molecule has 1 aromatic heterocycles. The van der Waals surface area contributed by atoms with Crippen LogP contribution in [-0.2, 0) is 6.18 Å². The van der Waals surface area contributed by atoms with E-state index >= 15 is 0 Å². The number of aromatic nitrogens is 2. The van der Waals surface area contributed by atoms with Crippen LogP contribution in [0.5, 0.6) is 0 Å². The van der Waals surface area contributed by atoms with Gasteiger partial charge in [0.15, 0.2) is 5.78 Å². The molecule has 0 radical (unpaired) electrons. The zero-order valence-corrected chi connectivity index (χ0v) is 10.6. The summed E-state index contributed by atoms with van der Waals surface area (Å²) in [7, 11) is 0. The first-order valence-corrected chi connectivity index (χ1v) is 5.77. The van der Waals surface area contributed by atoms with Crippen molar-refractivity contribution >= 4 is 17.4 Å². The zero-order valence-electron chi connectivity index (χ0n) is 9.83. The fraction of sp³-hybridized carbons (Fsp3) is 0.167. The molecule has 0 saturated heterocycles. The second kappa shape index (κ2) is 5.26. The second-order valence-corrected chi connectivity index (χ2v) is 4.33. The molecule has 0 saturated carbocycles. The van der Waals surface area contributed by atoms with Gasteiger partial charge in [-0.3, -0.25) is 9.89 Å². The van der Waals surface area contributed by atoms with Crippen LogP contribution in [0.15, 0.2) is 24.4 Å². The van der Waals surface area contributed by atoms with Crippen LogP contribution in [0.4, 0.5) is 13.2 Å². The quantitative estimate of drug-likeness (QED) is 0.857. The molecule has 8 heteroatoms. The number of aliphatic hydroxyl groups excluding tert-OH is 1. The summed E-state index contributed by atoms with van der Waals surface area (Å²) in [6.45, 7) is -0.840. The average Bonchev–Trinajstić information content (AvgIpc) is 2.90. The molecule has 0 aliphatic heterocycles. The summed E-state index contributed by atoms with van der Waals surface area (Å²) in [5.41, 5.74) is -1.31. The summed E-state index contributed by atoms with van der Waals surface area (Å²) >= 11 is 5.68. The number of nitrogens with one attached hydrogen (secondary N) is 1. The van der Waals surface area contributed by atoms with Crippen molar-refractivity contribution in [2.45, 2.75) is 6.18 Å². The largest absolute Gasteiger partial charge is 0.417 e.